The van der Waals surface area contributed by atoms with Gasteiger partial charge in [0, 0.05) is 12.2 Å². The van der Waals surface area contributed by atoms with E-state index in [1.165, 1.54) is 16.7 Å². The van der Waals surface area contributed by atoms with Crippen molar-refractivity contribution < 1.29 is 4.79 Å². The summed E-state index contributed by atoms with van der Waals surface area (Å²) in [6.07, 6.45) is 4.00. The Balaban J connectivity index is 1.54. The highest BCUT2D eigenvalue weighted by Gasteiger charge is 2.24. The number of hydrogen-bond donors (Lipinski definition) is 0. The van der Waals surface area contributed by atoms with Crippen LogP contribution in [-0.4, -0.2) is 32.7 Å². The van der Waals surface area contributed by atoms with Gasteiger partial charge in [0.1, 0.15) is 6.33 Å². The van der Waals surface area contributed by atoms with E-state index in [1.807, 2.05) is 29.2 Å². The zero-order valence-corrected chi connectivity index (χ0v) is 15.0. The predicted molar refractivity (Wildman–Crippen MR) is 99.4 cm³/mol. The van der Waals surface area contributed by atoms with Gasteiger partial charge in [-0.1, -0.05) is 18.2 Å². The van der Waals surface area contributed by atoms with Gasteiger partial charge in [-0.3, -0.25) is 4.79 Å². The van der Waals surface area contributed by atoms with Crippen molar-refractivity contribution in [3.8, 4) is 5.69 Å². The molecule has 4 rings (SSSR count). The van der Waals surface area contributed by atoms with Crippen LogP contribution in [0.5, 0.6) is 0 Å². The third kappa shape index (κ3) is 3.10. The molecule has 0 saturated heterocycles. The predicted octanol–water partition coefficient (Wildman–Crippen LogP) is 2.80. The number of carbonyl (C=O) groups excluding carboxylic acids is 1. The first-order valence-corrected chi connectivity index (χ1v) is 8.84. The Morgan fingerprint density at radius 2 is 1.96 bits per heavy atom. The van der Waals surface area contributed by atoms with E-state index in [-0.39, 0.29) is 5.91 Å². The smallest absolute Gasteiger partial charge is 0.231 e. The fourth-order valence-electron chi connectivity index (χ4n) is 3.65. The topological polar surface area (TPSA) is 63.9 Å². The number of benzene rings is 2. The second-order valence-electron chi connectivity index (χ2n) is 6.83. The Hall–Kier alpha value is -3.02. The fourth-order valence-corrected chi connectivity index (χ4v) is 3.65. The standard InChI is InChI=1S/C20H21N5O/c1-14-10-15(2)18-4-3-9-24(19(18)11-14)20(26)12-16-5-7-17(8-6-16)25-13-21-22-23-25/h5-8,10-11,13H,3-4,9,12H2,1-2H3. The van der Waals surface area contributed by atoms with Crippen molar-refractivity contribution in [2.75, 3.05) is 11.4 Å². The van der Waals surface area contributed by atoms with Gasteiger partial charge in [-0.05, 0) is 77.6 Å². The molecule has 0 radical (unpaired) electrons. The summed E-state index contributed by atoms with van der Waals surface area (Å²) in [6, 6.07) is 12.1. The van der Waals surface area contributed by atoms with Gasteiger partial charge in [-0.15, -0.1) is 5.10 Å². The lowest BCUT2D eigenvalue weighted by atomic mass is 9.94. The van der Waals surface area contributed by atoms with Crippen LogP contribution in [0.25, 0.3) is 5.69 Å². The number of anilines is 1. The number of fused-ring (bicyclic) bond motifs is 1. The third-order valence-electron chi connectivity index (χ3n) is 4.90. The number of carbonyl (C=O) groups is 1. The van der Waals surface area contributed by atoms with Gasteiger partial charge >= 0.3 is 0 Å². The van der Waals surface area contributed by atoms with Crippen LogP contribution in [-0.2, 0) is 17.6 Å². The minimum Gasteiger partial charge on any atom is -0.312 e. The third-order valence-corrected chi connectivity index (χ3v) is 4.90. The van der Waals surface area contributed by atoms with Crippen LogP contribution in [0.4, 0.5) is 5.69 Å². The molecule has 0 spiro atoms. The van der Waals surface area contributed by atoms with Crippen molar-refractivity contribution in [3.63, 3.8) is 0 Å². The molecule has 132 valence electrons. The SMILES string of the molecule is Cc1cc(C)c2c(c1)N(C(=O)Cc1ccc(-n3cnnn3)cc1)CCC2. The second kappa shape index (κ2) is 6.71. The van der Waals surface area contributed by atoms with Crippen molar-refractivity contribution in [1.82, 2.24) is 20.2 Å². The van der Waals surface area contributed by atoms with Crippen LogP contribution in [0.1, 0.15) is 28.7 Å². The molecule has 6 nitrogen and oxygen atoms in total. The maximum atomic E-state index is 13.0. The van der Waals surface area contributed by atoms with Crippen molar-refractivity contribution in [1.29, 1.82) is 0 Å². The lowest BCUT2D eigenvalue weighted by Gasteiger charge is -2.31. The van der Waals surface area contributed by atoms with Crippen LogP contribution in [0.2, 0.25) is 0 Å². The van der Waals surface area contributed by atoms with Crippen molar-refractivity contribution in [3.05, 3.63) is 65.0 Å². The average molecular weight is 347 g/mol. The summed E-state index contributed by atoms with van der Waals surface area (Å²) in [6.45, 7) is 5.01. The molecule has 0 aliphatic carbocycles. The fraction of sp³-hybridized carbons (Fsp3) is 0.300. The van der Waals surface area contributed by atoms with Crippen LogP contribution < -0.4 is 4.90 Å². The van der Waals surface area contributed by atoms with E-state index in [2.05, 4.69) is 41.5 Å². The van der Waals surface area contributed by atoms with Crippen molar-refractivity contribution in [2.45, 2.75) is 33.1 Å². The van der Waals surface area contributed by atoms with Crippen LogP contribution in [0.3, 0.4) is 0 Å². The molecule has 2 heterocycles. The highest BCUT2D eigenvalue weighted by Crippen LogP contribution is 2.31. The van der Waals surface area contributed by atoms with Crippen molar-refractivity contribution in [2.24, 2.45) is 0 Å². The molecule has 1 aliphatic rings. The molecule has 1 aliphatic heterocycles. The first-order chi connectivity index (χ1) is 12.6. The van der Waals surface area contributed by atoms with E-state index in [4.69, 9.17) is 0 Å². The second-order valence-corrected chi connectivity index (χ2v) is 6.83. The molecule has 0 fully saturated rings. The molecule has 3 aromatic rings. The molecule has 26 heavy (non-hydrogen) atoms. The Morgan fingerprint density at radius 3 is 2.69 bits per heavy atom. The van der Waals surface area contributed by atoms with Crippen LogP contribution >= 0.6 is 0 Å². The zero-order valence-electron chi connectivity index (χ0n) is 15.0. The van der Waals surface area contributed by atoms with Gasteiger partial charge in [0.15, 0.2) is 0 Å². The lowest BCUT2D eigenvalue weighted by molar-refractivity contribution is -0.118. The minimum atomic E-state index is 0.145. The minimum absolute atomic E-state index is 0.145. The largest absolute Gasteiger partial charge is 0.312 e. The van der Waals surface area contributed by atoms with Crippen LogP contribution in [0, 0.1) is 13.8 Å². The number of aromatic nitrogens is 4. The Labute approximate surface area is 152 Å². The number of rotatable bonds is 3. The van der Waals surface area contributed by atoms with Gasteiger partial charge in [0.25, 0.3) is 0 Å². The van der Waals surface area contributed by atoms with Gasteiger partial charge in [0.2, 0.25) is 5.91 Å². The Morgan fingerprint density at radius 1 is 1.15 bits per heavy atom. The molecule has 0 saturated carbocycles. The summed E-state index contributed by atoms with van der Waals surface area (Å²) in [5, 5.41) is 11.1. The molecule has 0 N–H and O–H groups in total. The van der Waals surface area contributed by atoms with E-state index in [0.717, 1.165) is 36.3 Å². The average Bonchev–Trinajstić information content (AvgIpc) is 3.16. The molecule has 6 heteroatoms. The molecule has 0 bridgehead atoms. The summed E-state index contributed by atoms with van der Waals surface area (Å²) >= 11 is 0. The highest BCUT2D eigenvalue weighted by molar-refractivity contribution is 5.96. The molecule has 1 aromatic heterocycles. The van der Waals surface area contributed by atoms with E-state index < -0.39 is 0 Å². The highest BCUT2D eigenvalue weighted by atomic mass is 16.2. The molecule has 0 unspecified atom stereocenters. The van der Waals surface area contributed by atoms with Crippen LogP contribution in [0.15, 0.2) is 42.7 Å². The maximum absolute atomic E-state index is 13.0. The zero-order chi connectivity index (χ0) is 18.1. The summed E-state index contributed by atoms with van der Waals surface area (Å²) < 4.78 is 1.60. The summed E-state index contributed by atoms with van der Waals surface area (Å²) in [5.74, 6) is 0.145. The van der Waals surface area contributed by atoms with Crippen molar-refractivity contribution >= 4 is 11.6 Å². The van der Waals surface area contributed by atoms with Gasteiger partial charge in [-0.25, -0.2) is 4.68 Å². The molecule has 2 aromatic carbocycles. The normalized spacial score (nSPS) is 13.5. The molecular formula is C20H21N5O. The number of aryl methyl sites for hydroxylation is 2. The molecule has 0 atom stereocenters. The van der Waals surface area contributed by atoms with E-state index in [1.54, 1.807) is 11.0 Å². The Kier molecular flexibility index (Phi) is 4.24. The quantitative estimate of drug-likeness (QED) is 0.731. The van der Waals surface area contributed by atoms with E-state index in [9.17, 15) is 4.79 Å². The molecule has 1 amide bonds. The van der Waals surface area contributed by atoms with Gasteiger partial charge in [0.05, 0.1) is 12.1 Å². The lowest BCUT2D eigenvalue weighted by Crippen LogP contribution is -2.36. The summed E-state index contributed by atoms with van der Waals surface area (Å²) in [5.41, 5.74) is 6.74. The monoisotopic (exact) mass is 347 g/mol. The van der Waals surface area contributed by atoms with Gasteiger partial charge < -0.3 is 4.90 Å². The number of tetrazole rings is 1. The maximum Gasteiger partial charge on any atom is 0.231 e. The number of hydrogen-bond acceptors (Lipinski definition) is 4. The Bertz CT molecular complexity index is 932. The first kappa shape index (κ1) is 16.4. The van der Waals surface area contributed by atoms with E-state index >= 15 is 0 Å². The summed E-state index contributed by atoms with van der Waals surface area (Å²) in [7, 11) is 0. The van der Waals surface area contributed by atoms with E-state index in [0.29, 0.717) is 6.42 Å². The summed E-state index contributed by atoms with van der Waals surface area (Å²) in [4.78, 5) is 14.9. The number of nitrogens with zero attached hydrogens (tertiary/aromatic N) is 5. The first-order valence-electron chi connectivity index (χ1n) is 8.84. The van der Waals surface area contributed by atoms with Gasteiger partial charge in [-0.2, -0.15) is 0 Å². The number of amides is 1. The molecular weight excluding hydrogens is 326 g/mol.